The first-order valence-corrected chi connectivity index (χ1v) is 31.3. The molecule has 0 aromatic heterocycles. The van der Waals surface area contributed by atoms with Crippen molar-refractivity contribution in [1.82, 2.24) is 0 Å². The largest absolute Gasteiger partial charge is 0.493 e. The molecule has 16 nitrogen and oxygen atoms in total. The molecule has 2 amide bonds. The first kappa shape index (κ1) is 58.8. The van der Waals surface area contributed by atoms with Crippen LogP contribution in [0.1, 0.15) is 101 Å². The van der Waals surface area contributed by atoms with Crippen LogP contribution in [0.15, 0.2) is 91.0 Å². The van der Waals surface area contributed by atoms with Gasteiger partial charge in [-0.1, -0.05) is 64.9 Å². The number of Topliss-reactive ketones (excluding diaryl/α,β-unsaturated/α-hetero) is 1. The third-order valence-electron chi connectivity index (χ3n) is 15.3. The molecule has 5 aromatic rings. The van der Waals surface area contributed by atoms with Crippen molar-refractivity contribution in [2.45, 2.75) is 114 Å². The summed E-state index contributed by atoms with van der Waals surface area (Å²) in [6, 6.07) is 30.1. The molecule has 2 unspecified atom stereocenters. The zero-order chi connectivity index (χ0) is 56.7. The highest BCUT2D eigenvalue weighted by molar-refractivity contribution is 8.77. The van der Waals surface area contributed by atoms with Gasteiger partial charge in [0.1, 0.15) is 24.2 Å². The molecule has 0 saturated heterocycles. The maximum atomic E-state index is 14.4. The predicted octanol–water partition coefficient (Wildman–Crippen LogP) is 10.3. The van der Waals surface area contributed by atoms with Crippen molar-refractivity contribution in [3.05, 3.63) is 136 Å². The van der Waals surface area contributed by atoms with Crippen LogP contribution in [0.3, 0.4) is 0 Å². The molecule has 0 bridgehead atoms. The van der Waals surface area contributed by atoms with Crippen molar-refractivity contribution >= 4 is 72.1 Å². The molecule has 0 fully saturated rings. The Bertz CT molecular complexity index is 3170. The topological polar surface area (TPSA) is 183 Å². The van der Waals surface area contributed by atoms with E-state index in [9.17, 15) is 27.4 Å². The summed E-state index contributed by atoms with van der Waals surface area (Å²) in [6.45, 7) is 13.3. The number of hydrogen-bond donors (Lipinski definition) is 2. The van der Waals surface area contributed by atoms with Gasteiger partial charge in [-0.3, -0.25) is 18.9 Å². The number of ketones is 1. The van der Waals surface area contributed by atoms with E-state index in [1.807, 2.05) is 71.3 Å². The Balaban J connectivity index is 1.00. The van der Waals surface area contributed by atoms with Crippen molar-refractivity contribution < 1.29 is 55.8 Å². The summed E-state index contributed by atoms with van der Waals surface area (Å²) in [5.74, 6) is 1.31. The molecule has 4 aliphatic heterocycles. The minimum absolute atomic E-state index is 0.00392. The molecule has 80 heavy (non-hydrogen) atoms. The van der Waals surface area contributed by atoms with Crippen LogP contribution in [0.4, 0.5) is 22.7 Å². The van der Waals surface area contributed by atoms with E-state index in [2.05, 4.69) is 61.3 Å². The summed E-state index contributed by atoms with van der Waals surface area (Å²) in [5, 5.41) is 2.17. The second-order valence-electron chi connectivity index (χ2n) is 21.5. The Morgan fingerprint density at radius 1 is 0.800 bits per heavy atom. The number of amides is 2. The normalized spacial score (nSPS) is 17.7. The van der Waals surface area contributed by atoms with Gasteiger partial charge < -0.3 is 48.4 Å². The van der Waals surface area contributed by atoms with Gasteiger partial charge in [0.05, 0.1) is 57.4 Å². The number of rotatable bonds is 27. The van der Waals surface area contributed by atoms with Gasteiger partial charge in [-0.25, -0.2) is 0 Å². The van der Waals surface area contributed by atoms with Gasteiger partial charge in [0, 0.05) is 77.9 Å². The Hall–Kier alpha value is -5.80. The lowest BCUT2D eigenvalue weighted by Crippen LogP contribution is -2.44. The third-order valence-corrected chi connectivity index (χ3v) is 19.8. The number of fused-ring (bicyclic) bond motifs is 8. The number of hydrogen-bond acceptors (Lipinski definition) is 15. The number of aryl methyl sites for hydroxylation is 2. The number of para-hydroxylation sites is 2. The first-order chi connectivity index (χ1) is 38.5. The minimum atomic E-state index is -4.54. The predicted molar refractivity (Wildman–Crippen MR) is 317 cm³/mol. The van der Waals surface area contributed by atoms with Crippen LogP contribution in [0.25, 0.3) is 0 Å². The zero-order valence-corrected chi connectivity index (χ0v) is 49.2. The van der Waals surface area contributed by atoms with E-state index < -0.39 is 25.9 Å². The fourth-order valence-corrected chi connectivity index (χ4v) is 14.9. The van der Waals surface area contributed by atoms with Crippen LogP contribution in [-0.4, -0.2) is 125 Å². The fourth-order valence-electron chi connectivity index (χ4n) is 11.3. The maximum absolute atomic E-state index is 14.4. The average molecular weight is 1150 g/mol. The highest BCUT2D eigenvalue weighted by Crippen LogP contribution is 2.44. The van der Waals surface area contributed by atoms with Crippen LogP contribution in [-0.2, 0) is 61.6 Å². The smallest absolute Gasteiger partial charge is 0.275 e. The van der Waals surface area contributed by atoms with Crippen molar-refractivity contribution in [3.8, 4) is 17.2 Å². The molecule has 2 N–H and O–H groups in total. The summed E-state index contributed by atoms with van der Waals surface area (Å²) in [4.78, 5) is 47.3. The van der Waals surface area contributed by atoms with E-state index in [0.717, 1.165) is 70.6 Å². The monoisotopic (exact) mass is 1150 g/mol. The summed E-state index contributed by atoms with van der Waals surface area (Å²) in [6.07, 6.45) is 3.17. The summed E-state index contributed by atoms with van der Waals surface area (Å²) < 4.78 is 70.0. The Morgan fingerprint density at radius 3 is 2.14 bits per heavy atom. The lowest BCUT2D eigenvalue weighted by molar-refractivity contribution is -0.118. The number of nitrogens with zero attached hydrogens (tertiary/aromatic N) is 3. The van der Waals surface area contributed by atoms with Gasteiger partial charge in [-0.05, 0) is 142 Å². The Morgan fingerprint density at radius 2 is 1.45 bits per heavy atom. The number of carbonyl (C=O) groups excluding carboxylic acids is 3. The van der Waals surface area contributed by atoms with Crippen LogP contribution >= 0.6 is 21.6 Å². The molecule has 5 aromatic carbocycles. The molecule has 9 rings (SSSR count). The van der Waals surface area contributed by atoms with Crippen molar-refractivity contribution in [1.29, 1.82) is 0 Å². The van der Waals surface area contributed by atoms with Gasteiger partial charge >= 0.3 is 0 Å². The molecule has 19 heteroatoms. The molecule has 0 spiro atoms. The Kier molecular flexibility index (Phi) is 19.1. The van der Waals surface area contributed by atoms with Crippen LogP contribution in [0.2, 0.25) is 0 Å². The summed E-state index contributed by atoms with van der Waals surface area (Å²) in [7, 11) is 1.70. The zero-order valence-electron chi connectivity index (χ0n) is 46.8. The van der Waals surface area contributed by atoms with Crippen LogP contribution in [0, 0.1) is 6.92 Å². The highest BCUT2D eigenvalue weighted by Gasteiger charge is 2.42. The molecule has 0 aliphatic carbocycles. The summed E-state index contributed by atoms with van der Waals surface area (Å²) in [5.41, 5.74) is 10.5. The molecule has 4 aliphatic rings. The number of carbonyl (C=O) groups is 3. The van der Waals surface area contributed by atoms with Crippen molar-refractivity contribution in [2.75, 3.05) is 86.1 Å². The number of anilines is 4. The van der Waals surface area contributed by atoms with E-state index in [1.165, 1.54) is 16.4 Å². The van der Waals surface area contributed by atoms with Crippen molar-refractivity contribution in [3.63, 3.8) is 0 Å². The van der Waals surface area contributed by atoms with Crippen LogP contribution < -0.4 is 34.2 Å². The molecule has 0 radical (unpaired) electrons. The first-order valence-electron chi connectivity index (χ1n) is 27.5. The molecule has 4 atom stereocenters. The minimum Gasteiger partial charge on any atom is -0.493 e. The van der Waals surface area contributed by atoms with E-state index in [0.29, 0.717) is 85.9 Å². The lowest BCUT2D eigenvalue weighted by Gasteiger charge is -2.34. The number of ether oxygens (including phenoxy) is 6. The van der Waals surface area contributed by atoms with Gasteiger partial charge in [0.2, 0.25) is 0 Å². The van der Waals surface area contributed by atoms with Crippen LogP contribution in [0.5, 0.6) is 17.2 Å². The molecule has 4 heterocycles. The molecular formula is C61H74N4O12S3. The quantitative estimate of drug-likeness (QED) is 0.0287. The molecular weight excluding hydrogens is 1080 g/mol. The number of methoxy groups -OCH3 is 2. The Labute approximate surface area is 478 Å². The van der Waals surface area contributed by atoms with E-state index in [-0.39, 0.29) is 56.0 Å². The van der Waals surface area contributed by atoms with Gasteiger partial charge in [0.15, 0.2) is 17.3 Å². The second kappa shape index (κ2) is 26.0. The number of nitrogens with one attached hydrogen (secondary N) is 1. The van der Waals surface area contributed by atoms with E-state index >= 15 is 0 Å². The second-order valence-corrected chi connectivity index (χ2v) is 26.3. The fraction of sp³-hybridized carbons (Fsp3) is 0.459. The van der Waals surface area contributed by atoms with E-state index in [4.69, 9.17) is 28.4 Å². The molecule has 0 saturated carbocycles. The number of benzene rings is 5. The molecule has 428 valence electrons. The third kappa shape index (κ3) is 13.6. The standard InChI is InChI=1S/C61H74N4O12S3/c1-8-54(66)58(80(69,70)71)19-26-78-79-61(4,5)38-63(20-21-74-24-25-75-23-22-72-6)47-29-41(36-76-55-33-43-17-18-46-31-44-13-9-11-15-51(44)64(46)59(67)48(43)27-39(55)2)28-42(30-47)37-77-57-35-50-49(34-56(57)73-7)60(68)65-52-16-12-10-14-45(52)32-53(65)40(3)62-50/h9-16,27-30,33-35,40,46,53,58,62H,8,17-26,31-32,36-38H2,1-7H3,(H,69,70,71)/t40?,46-,53+,58?/m1/s1. The average Bonchev–Trinajstić information content (AvgIpc) is 3.96. The van der Waals surface area contributed by atoms with Crippen molar-refractivity contribution in [2.24, 2.45) is 0 Å². The SMILES string of the molecule is CCC(=O)C(CCSSC(C)(C)CN(CCOCCOCCOC)c1cc(COc2cc3c(cc2C)C(=O)N2c4ccccc4C[C@H]2CC3)cc(COc2cc3c(cc2OC)C(=O)N2c4ccccc4C[C@H]2C(C)N3)c1)S(=O)(=O)O. The summed E-state index contributed by atoms with van der Waals surface area (Å²) >= 11 is 0. The van der Waals surface area contributed by atoms with Gasteiger partial charge in [0.25, 0.3) is 21.9 Å². The highest BCUT2D eigenvalue weighted by atomic mass is 33.1. The lowest BCUT2D eigenvalue weighted by atomic mass is 9.98. The van der Waals surface area contributed by atoms with Gasteiger partial charge in [-0.2, -0.15) is 8.42 Å². The maximum Gasteiger partial charge on any atom is 0.275 e. The van der Waals surface area contributed by atoms with E-state index in [1.54, 1.807) is 38.0 Å². The van der Waals surface area contributed by atoms with Gasteiger partial charge in [-0.15, -0.1) is 0 Å².